The fourth-order valence-electron chi connectivity index (χ4n) is 2.81. The van der Waals surface area contributed by atoms with E-state index in [2.05, 4.69) is 30.8 Å². The third kappa shape index (κ3) is 2.01. The van der Waals surface area contributed by atoms with E-state index in [0.29, 0.717) is 5.92 Å². The van der Waals surface area contributed by atoms with E-state index in [-0.39, 0.29) is 0 Å². The van der Waals surface area contributed by atoms with Crippen molar-refractivity contribution in [3.05, 3.63) is 17.0 Å². The molecule has 1 N–H and O–H groups in total. The van der Waals surface area contributed by atoms with Crippen molar-refractivity contribution in [1.82, 2.24) is 15.1 Å². The summed E-state index contributed by atoms with van der Waals surface area (Å²) in [5, 5.41) is 8.15. The Balaban J connectivity index is 2.32. The molecule has 1 saturated heterocycles. The number of aromatic nitrogens is 2. The third-order valence-corrected chi connectivity index (χ3v) is 3.70. The molecule has 1 fully saturated rings. The van der Waals surface area contributed by atoms with Crippen LogP contribution in [0.3, 0.4) is 0 Å². The average molecular weight is 221 g/mol. The zero-order chi connectivity index (χ0) is 11.5. The Morgan fingerprint density at radius 2 is 2.00 bits per heavy atom. The Hall–Kier alpha value is -0.830. The maximum atomic E-state index is 4.72. The van der Waals surface area contributed by atoms with Crippen LogP contribution in [-0.4, -0.2) is 22.9 Å². The van der Waals surface area contributed by atoms with Gasteiger partial charge in [0, 0.05) is 18.2 Å². The molecule has 0 unspecified atom stereocenters. The van der Waals surface area contributed by atoms with Crippen LogP contribution < -0.4 is 5.32 Å². The second kappa shape index (κ2) is 5.00. The van der Waals surface area contributed by atoms with E-state index >= 15 is 0 Å². The van der Waals surface area contributed by atoms with Crippen molar-refractivity contribution in [2.24, 2.45) is 0 Å². The average Bonchev–Trinajstić information content (AvgIpc) is 2.66. The number of nitrogens with one attached hydrogen (secondary N) is 1. The summed E-state index contributed by atoms with van der Waals surface area (Å²) in [6, 6.07) is 0. The molecule has 3 heteroatoms. The van der Waals surface area contributed by atoms with Crippen LogP contribution in [0.2, 0.25) is 0 Å². The molecule has 1 aliphatic rings. The second-order valence-corrected chi connectivity index (χ2v) is 4.65. The summed E-state index contributed by atoms with van der Waals surface area (Å²) in [6.45, 7) is 9.94. The van der Waals surface area contributed by atoms with Crippen LogP contribution in [0.4, 0.5) is 0 Å². The highest BCUT2D eigenvalue weighted by Crippen LogP contribution is 2.29. The minimum Gasteiger partial charge on any atom is -0.317 e. The first-order valence-electron chi connectivity index (χ1n) is 6.54. The highest BCUT2D eigenvalue weighted by molar-refractivity contribution is 5.28. The first-order chi connectivity index (χ1) is 7.77. The van der Waals surface area contributed by atoms with Crippen LogP contribution in [0.25, 0.3) is 0 Å². The standard InChI is InChI=1S/C13H23N3/c1-4-12-10(3)13(16(5-2)15-12)11-6-8-14-9-7-11/h11,14H,4-9H2,1-3H3. The molecular weight excluding hydrogens is 198 g/mol. The molecule has 1 aromatic heterocycles. The summed E-state index contributed by atoms with van der Waals surface area (Å²) < 4.78 is 2.23. The molecular formula is C13H23N3. The molecule has 0 saturated carbocycles. The quantitative estimate of drug-likeness (QED) is 0.848. The predicted octanol–water partition coefficient (Wildman–Crippen LogP) is 2.24. The lowest BCUT2D eigenvalue weighted by molar-refractivity contribution is 0.431. The van der Waals surface area contributed by atoms with E-state index in [1.54, 1.807) is 0 Å². The number of aryl methyl sites for hydroxylation is 2. The molecule has 0 atom stereocenters. The Labute approximate surface area is 98.2 Å². The lowest BCUT2D eigenvalue weighted by atomic mass is 9.91. The number of nitrogens with zero attached hydrogens (tertiary/aromatic N) is 2. The van der Waals surface area contributed by atoms with E-state index in [4.69, 9.17) is 5.10 Å². The molecule has 0 aliphatic carbocycles. The molecule has 2 rings (SSSR count). The SMILES string of the molecule is CCc1nn(CC)c(C2CCNCC2)c1C. The summed E-state index contributed by atoms with van der Waals surface area (Å²) >= 11 is 0. The number of hydrogen-bond donors (Lipinski definition) is 1. The van der Waals surface area contributed by atoms with Gasteiger partial charge in [-0.05, 0) is 51.8 Å². The minimum atomic E-state index is 0.717. The van der Waals surface area contributed by atoms with Gasteiger partial charge in [-0.25, -0.2) is 0 Å². The van der Waals surface area contributed by atoms with Crippen molar-refractivity contribution in [3.8, 4) is 0 Å². The van der Waals surface area contributed by atoms with Crippen LogP contribution >= 0.6 is 0 Å². The van der Waals surface area contributed by atoms with Crippen molar-refractivity contribution in [2.45, 2.75) is 52.5 Å². The Bertz CT molecular complexity index is 348. The van der Waals surface area contributed by atoms with E-state index in [9.17, 15) is 0 Å². The van der Waals surface area contributed by atoms with Crippen molar-refractivity contribution < 1.29 is 0 Å². The van der Waals surface area contributed by atoms with E-state index in [1.165, 1.54) is 29.8 Å². The van der Waals surface area contributed by atoms with Crippen LogP contribution in [0.1, 0.15) is 49.6 Å². The second-order valence-electron chi connectivity index (χ2n) is 4.65. The van der Waals surface area contributed by atoms with Crippen LogP contribution in [0, 0.1) is 6.92 Å². The third-order valence-electron chi connectivity index (χ3n) is 3.70. The van der Waals surface area contributed by atoms with Crippen molar-refractivity contribution in [3.63, 3.8) is 0 Å². The van der Waals surface area contributed by atoms with E-state index in [0.717, 1.165) is 26.1 Å². The summed E-state index contributed by atoms with van der Waals surface area (Å²) in [6.07, 6.45) is 3.57. The first-order valence-corrected chi connectivity index (χ1v) is 6.54. The molecule has 2 heterocycles. The topological polar surface area (TPSA) is 29.9 Å². The summed E-state index contributed by atoms with van der Waals surface area (Å²) in [5.41, 5.74) is 4.23. The highest BCUT2D eigenvalue weighted by Gasteiger charge is 2.22. The Morgan fingerprint density at radius 3 is 2.56 bits per heavy atom. The Morgan fingerprint density at radius 1 is 1.31 bits per heavy atom. The van der Waals surface area contributed by atoms with E-state index < -0.39 is 0 Å². The summed E-state index contributed by atoms with van der Waals surface area (Å²) in [4.78, 5) is 0. The largest absolute Gasteiger partial charge is 0.317 e. The lowest BCUT2D eigenvalue weighted by Gasteiger charge is -2.24. The molecule has 1 aromatic rings. The monoisotopic (exact) mass is 221 g/mol. The zero-order valence-corrected chi connectivity index (χ0v) is 10.7. The van der Waals surface area contributed by atoms with Gasteiger partial charge >= 0.3 is 0 Å². The summed E-state index contributed by atoms with van der Waals surface area (Å²) in [5.74, 6) is 0.717. The fraction of sp³-hybridized carbons (Fsp3) is 0.769. The zero-order valence-electron chi connectivity index (χ0n) is 10.7. The van der Waals surface area contributed by atoms with Crippen molar-refractivity contribution >= 4 is 0 Å². The van der Waals surface area contributed by atoms with Gasteiger partial charge in [0.25, 0.3) is 0 Å². The van der Waals surface area contributed by atoms with Gasteiger partial charge in [-0.2, -0.15) is 5.10 Å². The number of hydrogen-bond acceptors (Lipinski definition) is 2. The minimum absolute atomic E-state index is 0.717. The van der Waals surface area contributed by atoms with Crippen molar-refractivity contribution in [1.29, 1.82) is 0 Å². The van der Waals surface area contributed by atoms with Gasteiger partial charge in [-0.15, -0.1) is 0 Å². The van der Waals surface area contributed by atoms with Crippen LogP contribution in [-0.2, 0) is 13.0 Å². The molecule has 0 radical (unpaired) electrons. The molecule has 0 aromatic carbocycles. The van der Waals surface area contributed by atoms with Gasteiger partial charge in [0.2, 0.25) is 0 Å². The fourth-order valence-corrected chi connectivity index (χ4v) is 2.81. The molecule has 1 aliphatic heterocycles. The maximum Gasteiger partial charge on any atom is 0.0654 e. The van der Waals surface area contributed by atoms with Crippen LogP contribution in [0.15, 0.2) is 0 Å². The Kier molecular flexibility index (Phi) is 3.64. The van der Waals surface area contributed by atoms with Gasteiger partial charge in [0.05, 0.1) is 5.69 Å². The van der Waals surface area contributed by atoms with Gasteiger partial charge in [-0.3, -0.25) is 4.68 Å². The highest BCUT2D eigenvalue weighted by atomic mass is 15.3. The predicted molar refractivity (Wildman–Crippen MR) is 66.9 cm³/mol. The van der Waals surface area contributed by atoms with E-state index in [1.807, 2.05) is 0 Å². The molecule has 0 bridgehead atoms. The van der Waals surface area contributed by atoms with Gasteiger partial charge in [0.15, 0.2) is 0 Å². The molecule has 16 heavy (non-hydrogen) atoms. The first kappa shape index (κ1) is 11.6. The molecule has 90 valence electrons. The van der Waals surface area contributed by atoms with Crippen LogP contribution in [0.5, 0.6) is 0 Å². The van der Waals surface area contributed by atoms with Gasteiger partial charge < -0.3 is 5.32 Å². The smallest absolute Gasteiger partial charge is 0.0654 e. The normalized spacial score (nSPS) is 17.9. The number of piperidine rings is 1. The molecule has 0 amide bonds. The molecule has 0 spiro atoms. The molecule has 3 nitrogen and oxygen atoms in total. The summed E-state index contributed by atoms with van der Waals surface area (Å²) in [7, 11) is 0. The van der Waals surface area contributed by atoms with Gasteiger partial charge in [-0.1, -0.05) is 6.92 Å². The van der Waals surface area contributed by atoms with Gasteiger partial charge in [0.1, 0.15) is 0 Å². The number of rotatable bonds is 3. The lowest BCUT2D eigenvalue weighted by Crippen LogP contribution is -2.28. The maximum absolute atomic E-state index is 4.72. The van der Waals surface area contributed by atoms with Crippen molar-refractivity contribution in [2.75, 3.05) is 13.1 Å².